The predicted octanol–water partition coefficient (Wildman–Crippen LogP) is 2.85. The summed E-state index contributed by atoms with van der Waals surface area (Å²) in [6, 6.07) is 8.80. The van der Waals surface area contributed by atoms with Gasteiger partial charge in [-0.25, -0.2) is 0 Å². The molecule has 1 aromatic carbocycles. The van der Waals surface area contributed by atoms with Gasteiger partial charge in [0.15, 0.2) is 0 Å². The predicted molar refractivity (Wildman–Crippen MR) is 62.2 cm³/mol. The van der Waals surface area contributed by atoms with E-state index in [1.165, 1.54) is 31.5 Å². The van der Waals surface area contributed by atoms with Crippen LogP contribution in [0.25, 0.3) is 0 Å². The fraction of sp³-hybridized carbons (Fsp3) is 0.538. The Hall–Kier alpha value is -1.02. The van der Waals surface area contributed by atoms with Gasteiger partial charge in [-0.15, -0.1) is 0 Å². The van der Waals surface area contributed by atoms with E-state index in [4.69, 9.17) is 4.74 Å². The lowest BCUT2D eigenvalue weighted by Crippen LogP contribution is -2.23. The number of likely N-dealkylation sites (tertiary alicyclic amines) is 1. The van der Waals surface area contributed by atoms with Gasteiger partial charge in [-0.2, -0.15) is 0 Å². The van der Waals surface area contributed by atoms with Gasteiger partial charge in [0.1, 0.15) is 5.75 Å². The molecule has 1 aliphatic rings. The number of hydrogen-bond donors (Lipinski definition) is 0. The van der Waals surface area contributed by atoms with Gasteiger partial charge < -0.3 is 4.74 Å². The lowest BCUT2D eigenvalue weighted by Gasteiger charge is -2.25. The van der Waals surface area contributed by atoms with Crippen LogP contribution in [0.15, 0.2) is 24.3 Å². The summed E-state index contributed by atoms with van der Waals surface area (Å²) in [5, 5.41) is 0. The highest BCUT2D eigenvalue weighted by atomic mass is 16.5. The summed E-state index contributed by atoms with van der Waals surface area (Å²) in [7, 11) is 1.75. The van der Waals surface area contributed by atoms with E-state index >= 15 is 0 Å². The average molecular weight is 205 g/mol. The van der Waals surface area contributed by atoms with Gasteiger partial charge in [0.2, 0.25) is 0 Å². The first-order valence-corrected chi connectivity index (χ1v) is 5.70. The number of benzene rings is 1. The van der Waals surface area contributed by atoms with E-state index in [1.54, 1.807) is 7.11 Å². The Morgan fingerprint density at radius 2 is 1.87 bits per heavy atom. The highest BCUT2D eigenvalue weighted by Crippen LogP contribution is 2.30. The minimum absolute atomic E-state index is 0.476. The molecule has 1 aliphatic heterocycles. The summed E-state index contributed by atoms with van der Waals surface area (Å²) >= 11 is 0. The molecule has 1 aromatic rings. The van der Waals surface area contributed by atoms with Crippen LogP contribution in [-0.2, 0) is 0 Å². The second kappa shape index (κ2) is 4.67. The molecule has 2 rings (SSSR count). The van der Waals surface area contributed by atoms with E-state index in [0.29, 0.717) is 6.04 Å². The third-order valence-electron chi connectivity index (χ3n) is 3.28. The Kier molecular flexibility index (Phi) is 3.27. The third kappa shape index (κ3) is 2.15. The maximum Gasteiger partial charge on any atom is 0.123 e. The second-order valence-electron chi connectivity index (χ2n) is 4.16. The molecule has 1 heterocycles. The molecule has 15 heavy (non-hydrogen) atoms. The molecule has 2 heteroatoms. The largest absolute Gasteiger partial charge is 0.496 e. The fourth-order valence-corrected chi connectivity index (χ4v) is 2.34. The highest BCUT2D eigenvalue weighted by Gasteiger charge is 2.21. The number of para-hydroxylation sites is 1. The van der Waals surface area contributed by atoms with Gasteiger partial charge >= 0.3 is 0 Å². The zero-order valence-corrected chi connectivity index (χ0v) is 9.57. The van der Waals surface area contributed by atoms with Gasteiger partial charge in [-0.3, -0.25) is 4.90 Å². The van der Waals surface area contributed by atoms with Gasteiger partial charge in [0.25, 0.3) is 0 Å². The van der Waals surface area contributed by atoms with Crippen LogP contribution in [0.4, 0.5) is 0 Å². The summed E-state index contributed by atoms with van der Waals surface area (Å²) in [5.41, 5.74) is 1.31. The SMILES string of the molecule is COc1ccccc1C(C)N1CCCC1. The second-order valence-corrected chi connectivity index (χ2v) is 4.16. The number of hydrogen-bond acceptors (Lipinski definition) is 2. The van der Waals surface area contributed by atoms with E-state index in [2.05, 4.69) is 24.0 Å². The first-order valence-electron chi connectivity index (χ1n) is 5.70. The zero-order valence-electron chi connectivity index (χ0n) is 9.57. The maximum atomic E-state index is 5.40. The van der Waals surface area contributed by atoms with E-state index in [-0.39, 0.29) is 0 Å². The smallest absolute Gasteiger partial charge is 0.123 e. The topological polar surface area (TPSA) is 12.5 Å². The summed E-state index contributed by atoms with van der Waals surface area (Å²) in [6.07, 6.45) is 2.67. The van der Waals surface area contributed by atoms with Crippen molar-refractivity contribution in [2.24, 2.45) is 0 Å². The van der Waals surface area contributed by atoms with Gasteiger partial charge in [-0.05, 0) is 38.9 Å². The Bertz CT molecular complexity index is 318. The highest BCUT2D eigenvalue weighted by molar-refractivity contribution is 5.35. The maximum absolute atomic E-state index is 5.40. The Morgan fingerprint density at radius 1 is 1.20 bits per heavy atom. The molecule has 82 valence electrons. The molecule has 1 saturated heterocycles. The van der Waals surface area contributed by atoms with Crippen LogP contribution in [0.3, 0.4) is 0 Å². The van der Waals surface area contributed by atoms with E-state index < -0.39 is 0 Å². The van der Waals surface area contributed by atoms with Crippen LogP contribution in [0.1, 0.15) is 31.4 Å². The van der Waals surface area contributed by atoms with Crippen LogP contribution in [0.5, 0.6) is 5.75 Å². The molecule has 0 spiro atoms. The van der Waals surface area contributed by atoms with Crippen molar-refractivity contribution in [1.82, 2.24) is 4.90 Å². The quantitative estimate of drug-likeness (QED) is 0.752. The molecule has 0 N–H and O–H groups in total. The van der Waals surface area contributed by atoms with Crippen molar-refractivity contribution >= 4 is 0 Å². The monoisotopic (exact) mass is 205 g/mol. The minimum Gasteiger partial charge on any atom is -0.496 e. The van der Waals surface area contributed by atoms with Crippen molar-refractivity contribution in [3.8, 4) is 5.75 Å². The summed E-state index contributed by atoms with van der Waals surface area (Å²) < 4.78 is 5.40. The first-order chi connectivity index (χ1) is 7.33. The Morgan fingerprint density at radius 3 is 2.53 bits per heavy atom. The summed E-state index contributed by atoms with van der Waals surface area (Å²) in [5.74, 6) is 1.01. The fourth-order valence-electron chi connectivity index (χ4n) is 2.34. The third-order valence-corrected chi connectivity index (χ3v) is 3.28. The standard InChI is InChI=1S/C13H19NO/c1-11(14-9-5-6-10-14)12-7-3-4-8-13(12)15-2/h3-4,7-8,11H,5-6,9-10H2,1-2H3. The molecule has 0 bridgehead atoms. The lowest BCUT2D eigenvalue weighted by atomic mass is 10.1. The summed E-state index contributed by atoms with van der Waals surface area (Å²) in [4.78, 5) is 2.53. The van der Waals surface area contributed by atoms with Crippen molar-refractivity contribution in [3.63, 3.8) is 0 Å². The van der Waals surface area contributed by atoms with E-state index in [9.17, 15) is 0 Å². The number of rotatable bonds is 3. The van der Waals surface area contributed by atoms with Crippen molar-refractivity contribution in [2.75, 3.05) is 20.2 Å². The number of methoxy groups -OCH3 is 1. The van der Waals surface area contributed by atoms with Gasteiger partial charge in [0, 0.05) is 11.6 Å². The molecule has 0 aliphatic carbocycles. The molecular formula is C13H19NO. The van der Waals surface area contributed by atoms with Crippen LogP contribution in [0, 0.1) is 0 Å². The molecule has 0 saturated carbocycles. The molecule has 2 nitrogen and oxygen atoms in total. The molecule has 0 radical (unpaired) electrons. The van der Waals surface area contributed by atoms with Crippen LogP contribution >= 0.6 is 0 Å². The van der Waals surface area contributed by atoms with Crippen LogP contribution < -0.4 is 4.74 Å². The van der Waals surface area contributed by atoms with Crippen molar-refractivity contribution in [1.29, 1.82) is 0 Å². The minimum atomic E-state index is 0.476. The molecular weight excluding hydrogens is 186 g/mol. The normalized spacial score (nSPS) is 19.1. The number of ether oxygens (including phenoxy) is 1. The van der Waals surface area contributed by atoms with Crippen molar-refractivity contribution < 1.29 is 4.74 Å². The van der Waals surface area contributed by atoms with Crippen LogP contribution in [-0.4, -0.2) is 25.1 Å². The zero-order chi connectivity index (χ0) is 10.7. The average Bonchev–Trinajstić information content (AvgIpc) is 2.81. The van der Waals surface area contributed by atoms with Crippen molar-refractivity contribution in [3.05, 3.63) is 29.8 Å². The van der Waals surface area contributed by atoms with E-state index in [0.717, 1.165) is 5.75 Å². The van der Waals surface area contributed by atoms with E-state index in [1.807, 2.05) is 12.1 Å². The Balaban J connectivity index is 2.19. The molecule has 0 amide bonds. The van der Waals surface area contributed by atoms with Crippen LogP contribution in [0.2, 0.25) is 0 Å². The molecule has 1 fully saturated rings. The van der Waals surface area contributed by atoms with Gasteiger partial charge in [0.05, 0.1) is 7.11 Å². The lowest BCUT2D eigenvalue weighted by molar-refractivity contribution is 0.256. The molecule has 1 atom stereocenters. The first kappa shape index (κ1) is 10.5. The molecule has 0 aromatic heterocycles. The van der Waals surface area contributed by atoms with Crippen molar-refractivity contribution in [2.45, 2.75) is 25.8 Å². The number of nitrogens with zero attached hydrogens (tertiary/aromatic N) is 1. The summed E-state index contributed by atoms with van der Waals surface area (Å²) in [6.45, 7) is 4.71. The Labute approximate surface area is 91.9 Å². The molecule has 1 unspecified atom stereocenters. The van der Waals surface area contributed by atoms with Gasteiger partial charge in [-0.1, -0.05) is 18.2 Å².